The number of hydrogen-bond donors (Lipinski definition) is 1. The fourth-order valence-electron chi connectivity index (χ4n) is 1.79. The molecular formula is C13H15NO3. The molecule has 1 atom stereocenters. The van der Waals surface area contributed by atoms with Gasteiger partial charge in [-0.2, -0.15) is 0 Å². The number of carbonyl (C=O) groups is 1. The fourth-order valence-corrected chi connectivity index (χ4v) is 1.79. The van der Waals surface area contributed by atoms with Crippen LogP contribution in [0.2, 0.25) is 0 Å². The lowest BCUT2D eigenvalue weighted by atomic mass is 10.0. The zero-order valence-electron chi connectivity index (χ0n) is 9.68. The standard InChI is InChI=1S/C13H15NO3/c1-2-16-13(15)7-11(14)10-8-17-12-6-4-3-5-9(10)12/h3-6,8,11H,2,7,14H2,1H3. The summed E-state index contributed by atoms with van der Waals surface area (Å²) in [5, 5.41) is 0.948. The third-order valence-corrected chi connectivity index (χ3v) is 2.60. The van der Waals surface area contributed by atoms with Crippen molar-refractivity contribution in [3.63, 3.8) is 0 Å². The molecule has 17 heavy (non-hydrogen) atoms. The van der Waals surface area contributed by atoms with E-state index < -0.39 is 6.04 Å². The second kappa shape index (κ2) is 5.01. The number of ether oxygens (including phenoxy) is 1. The number of nitrogens with two attached hydrogens (primary N) is 1. The highest BCUT2D eigenvalue weighted by Gasteiger charge is 2.16. The molecule has 0 saturated carbocycles. The van der Waals surface area contributed by atoms with Crippen LogP contribution in [0.15, 0.2) is 34.9 Å². The Morgan fingerprint density at radius 1 is 1.47 bits per heavy atom. The number of furan rings is 1. The Morgan fingerprint density at radius 3 is 3.00 bits per heavy atom. The van der Waals surface area contributed by atoms with Crippen molar-refractivity contribution in [2.75, 3.05) is 6.61 Å². The van der Waals surface area contributed by atoms with Crippen LogP contribution in [0.3, 0.4) is 0 Å². The zero-order chi connectivity index (χ0) is 12.3. The summed E-state index contributed by atoms with van der Waals surface area (Å²) in [4.78, 5) is 11.4. The van der Waals surface area contributed by atoms with Gasteiger partial charge in [-0.3, -0.25) is 4.79 Å². The highest BCUT2D eigenvalue weighted by atomic mass is 16.5. The number of rotatable bonds is 4. The van der Waals surface area contributed by atoms with Gasteiger partial charge < -0.3 is 14.9 Å². The van der Waals surface area contributed by atoms with Gasteiger partial charge in [0.2, 0.25) is 0 Å². The first-order valence-corrected chi connectivity index (χ1v) is 5.59. The SMILES string of the molecule is CCOC(=O)CC(N)c1coc2ccccc12. The Balaban J connectivity index is 2.19. The summed E-state index contributed by atoms with van der Waals surface area (Å²) in [5.41, 5.74) is 7.60. The molecule has 1 aromatic carbocycles. The molecule has 0 aliphatic heterocycles. The quantitative estimate of drug-likeness (QED) is 0.823. The minimum absolute atomic E-state index is 0.164. The van der Waals surface area contributed by atoms with Crippen LogP contribution in [-0.2, 0) is 9.53 Å². The van der Waals surface area contributed by atoms with Crippen LogP contribution in [0.1, 0.15) is 24.9 Å². The van der Waals surface area contributed by atoms with E-state index in [2.05, 4.69) is 0 Å². The molecule has 2 rings (SSSR count). The smallest absolute Gasteiger partial charge is 0.307 e. The van der Waals surface area contributed by atoms with Gasteiger partial charge in [-0.15, -0.1) is 0 Å². The number of fused-ring (bicyclic) bond motifs is 1. The van der Waals surface area contributed by atoms with Crippen molar-refractivity contribution >= 4 is 16.9 Å². The molecule has 0 fully saturated rings. The molecule has 4 heteroatoms. The molecule has 0 spiro atoms. The third kappa shape index (κ3) is 2.47. The number of benzene rings is 1. The Kier molecular flexibility index (Phi) is 3.44. The second-order valence-corrected chi connectivity index (χ2v) is 3.80. The van der Waals surface area contributed by atoms with E-state index in [0.29, 0.717) is 6.61 Å². The molecule has 0 aliphatic carbocycles. The first-order valence-electron chi connectivity index (χ1n) is 5.59. The maximum atomic E-state index is 11.4. The van der Waals surface area contributed by atoms with E-state index in [1.54, 1.807) is 13.2 Å². The molecule has 1 unspecified atom stereocenters. The second-order valence-electron chi connectivity index (χ2n) is 3.80. The molecular weight excluding hydrogens is 218 g/mol. The molecule has 90 valence electrons. The maximum absolute atomic E-state index is 11.4. The minimum atomic E-state index is -0.391. The van der Waals surface area contributed by atoms with Crippen molar-refractivity contribution in [2.45, 2.75) is 19.4 Å². The van der Waals surface area contributed by atoms with Gasteiger partial charge in [0.05, 0.1) is 19.3 Å². The maximum Gasteiger partial charge on any atom is 0.307 e. The van der Waals surface area contributed by atoms with Crippen molar-refractivity contribution in [1.29, 1.82) is 0 Å². The van der Waals surface area contributed by atoms with Crippen LogP contribution in [0.4, 0.5) is 0 Å². The summed E-state index contributed by atoms with van der Waals surface area (Å²) < 4.78 is 10.3. The van der Waals surface area contributed by atoms with E-state index >= 15 is 0 Å². The van der Waals surface area contributed by atoms with Crippen molar-refractivity contribution in [2.24, 2.45) is 5.73 Å². The molecule has 1 aromatic heterocycles. The predicted octanol–water partition coefficient (Wildman–Crippen LogP) is 2.39. The van der Waals surface area contributed by atoms with Crippen LogP contribution in [0.25, 0.3) is 11.0 Å². The van der Waals surface area contributed by atoms with E-state index in [1.165, 1.54) is 0 Å². The lowest BCUT2D eigenvalue weighted by Crippen LogP contribution is -2.16. The van der Waals surface area contributed by atoms with Crippen molar-refractivity contribution < 1.29 is 13.9 Å². The summed E-state index contributed by atoms with van der Waals surface area (Å²) in [6.07, 6.45) is 1.77. The minimum Gasteiger partial charge on any atom is -0.466 e. The van der Waals surface area contributed by atoms with Crippen LogP contribution >= 0.6 is 0 Å². The summed E-state index contributed by atoms with van der Waals surface area (Å²) in [6, 6.07) is 7.22. The first kappa shape index (κ1) is 11.7. The van der Waals surface area contributed by atoms with E-state index in [0.717, 1.165) is 16.5 Å². The van der Waals surface area contributed by atoms with Gasteiger partial charge in [0.1, 0.15) is 5.58 Å². The van der Waals surface area contributed by atoms with Crippen molar-refractivity contribution in [3.8, 4) is 0 Å². The van der Waals surface area contributed by atoms with Gasteiger partial charge in [0.25, 0.3) is 0 Å². The largest absolute Gasteiger partial charge is 0.466 e. The Labute approximate surface area is 99.3 Å². The molecule has 0 aliphatic rings. The van der Waals surface area contributed by atoms with E-state index in [4.69, 9.17) is 14.9 Å². The summed E-state index contributed by atoms with van der Waals surface area (Å²) in [6.45, 7) is 2.15. The lowest BCUT2D eigenvalue weighted by molar-refractivity contribution is -0.143. The van der Waals surface area contributed by atoms with Crippen molar-refractivity contribution in [3.05, 3.63) is 36.1 Å². The van der Waals surface area contributed by atoms with Gasteiger partial charge in [0.15, 0.2) is 0 Å². The number of esters is 1. The molecule has 0 amide bonds. The number of hydrogen-bond acceptors (Lipinski definition) is 4. The number of carbonyl (C=O) groups excluding carboxylic acids is 1. The van der Waals surface area contributed by atoms with E-state index in [9.17, 15) is 4.79 Å². The molecule has 0 bridgehead atoms. The average molecular weight is 233 g/mol. The highest BCUT2D eigenvalue weighted by molar-refractivity contribution is 5.82. The van der Waals surface area contributed by atoms with E-state index in [1.807, 2.05) is 24.3 Å². The highest BCUT2D eigenvalue weighted by Crippen LogP contribution is 2.26. The summed E-state index contributed by atoms with van der Waals surface area (Å²) in [5.74, 6) is -0.287. The third-order valence-electron chi connectivity index (χ3n) is 2.60. The Hall–Kier alpha value is -1.81. The van der Waals surface area contributed by atoms with Gasteiger partial charge in [-0.25, -0.2) is 0 Å². The first-order chi connectivity index (χ1) is 8.22. The monoisotopic (exact) mass is 233 g/mol. The van der Waals surface area contributed by atoms with Gasteiger partial charge in [0, 0.05) is 17.0 Å². The van der Waals surface area contributed by atoms with E-state index in [-0.39, 0.29) is 12.4 Å². The Morgan fingerprint density at radius 2 is 2.24 bits per heavy atom. The van der Waals surface area contributed by atoms with Gasteiger partial charge in [-0.05, 0) is 13.0 Å². The predicted molar refractivity (Wildman–Crippen MR) is 64.4 cm³/mol. The molecule has 4 nitrogen and oxygen atoms in total. The number of para-hydroxylation sites is 1. The van der Waals surface area contributed by atoms with Gasteiger partial charge >= 0.3 is 5.97 Å². The molecule has 1 heterocycles. The zero-order valence-corrected chi connectivity index (χ0v) is 9.68. The van der Waals surface area contributed by atoms with Crippen LogP contribution < -0.4 is 5.73 Å². The van der Waals surface area contributed by atoms with Crippen molar-refractivity contribution in [1.82, 2.24) is 0 Å². The fraction of sp³-hybridized carbons (Fsp3) is 0.308. The van der Waals surface area contributed by atoms with Crippen LogP contribution in [-0.4, -0.2) is 12.6 Å². The Bertz CT molecular complexity index is 518. The molecule has 0 saturated heterocycles. The van der Waals surface area contributed by atoms with Crippen LogP contribution in [0, 0.1) is 0 Å². The molecule has 2 aromatic rings. The average Bonchev–Trinajstić information content (AvgIpc) is 2.72. The normalized spacial score (nSPS) is 12.6. The molecule has 0 radical (unpaired) electrons. The van der Waals surface area contributed by atoms with Gasteiger partial charge in [-0.1, -0.05) is 18.2 Å². The molecule has 2 N–H and O–H groups in total. The summed E-state index contributed by atoms with van der Waals surface area (Å²) in [7, 11) is 0. The van der Waals surface area contributed by atoms with Crippen LogP contribution in [0.5, 0.6) is 0 Å². The summed E-state index contributed by atoms with van der Waals surface area (Å²) >= 11 is 0. The topological polar surface area (TPSA) is 65.5 Å². The lowest BCUT2D eigenvalue weighted by Gasteiger charge is -2.09.